The number of benzene rings is 2. The van der Waals surface area contributed by atoms with Crippen molar-refractivity contribution in [2.24, 2.45) is 0 Å². The van der Waals surface area contributed by atoms with Gasteiger partial charge >= 0.3 is 0 Å². The van der Waals surface area contributed by atoms with Gasteiger partial charge in [0.1, 0.15) is 11.4 Å². The average molecular weight is 426 g/mol. The summed E-state index contributed by atoms with van der Waals surface area (Å²) >= 11 is 9.03. The molecule has 0 saturated carbocycles. The number of rotatable bonds is 6. The summed E-state index contributed by atoms with van der Waals surface area (Å²) in [6.07, 6.45) is 1.54. The van der Waals surface area contributed by atoms with Crippen molar-refractivity contribution in [2.45, 2.75) is 11.1 Å². The topological polar surface area (TPSA) is 54.9 Å². The highest BCUT2D eigenvalue weighted by Crippen LogP contribution is 2.29. The summed E-state index contributed by atoms with van der Waals surface area (Å²) in [4.78, 5) is 21.3. The lowest BCUT2D eigenvalue weighted by Gasteiger charge is -2.20. The Hall–Kier alpha value is -2.41. The Morgan fingerprint density at radius 3 is 2.57 bits per heavy atom. The van der Waals surface area contributed by atoms with E-state index in [1.807, 2.05) is 66.0 Å². The fraction of sp³-hybridized carbons (Fsp3) is 0.0952. The van der Waals surface area contributed by atoms with Crippen LogP contribution in [0, 0.1) is 0 Å². The number of halogens is 1. The quantitative estimate of drug-likeness (QED) is 0.334. The molecule has 4 nitrogen and oxygen atoms in total. The van der Waals surface area contributed by atoms with Gasteiger partial charge in [-0.05, 0) is 34.7 Å². The Labute approximate surface area is 176 Å². The number of thiophene rings is 1. The molecule has 4 aromatic rings. The van der Waals surface area contributed by atoms with Crippen molar-refractivity contribution in [1.29, 1.82) is 0 Å². The van der Waals surface area contributed by atoms with Crippen molar-refractivity contribution >= 4 is 50.8 Å². The number of amides is 1. The summed E-state index contributed by atoms with van der Waals surface area (Å²) in [5, 5.41) is 6.62. The van der Waals surface area contributed by atoms with Crippen LogP contribution in [0.3, 0.4) is 0 Å². The molecule has 2 aromatic heterocycles. The molecule has 0 radical (unpaired) electrons. The van der Waals surface area contributed by atoms with Gasteiger partial charge in [-0.1, -0.05) is 65.8 Å². The maximum absolute atomic E-state index is 12.7. The summed E-state index contributed by atoms with van der Waals surface area (Å²) < 4.78 is 1.01. The molecule has 2 aromatic carbocycles. The number of thioether (sulfide) groups is 1. The predicted molar refractivity (Wildman–Crippen MR) is 116 cm³/mol. The first-order chi connectivity index (χ1) is 13.7. The molecule has 4 rings (SSSR count). The number of carbonyl (C=O) groups is 1. The van der Waals surface area contributed by atoms with Crippen LogP contribution in [0.5, 0.6) is 0 Å². The Morgan fingerprint density at radius 1 is 1.04 bits per heavy atom. The lowest BCUT2D eigenvalue weighted by atomic mass is 9.99. The summed E-state index contributed by atoms with van der Waals surface area (Å²) in [5.74, 6) is 0.220. The highest BCUT2D eigenvalue weighted by molar-refractivity contribution is 8.00. The minimum atomic E-state index is -0.237. The first kappa shape index (κ1) is 18.9. The molecule has 7 heteroatoms. The molecule has 0 bridgehead atoms. The van der Waals surface area contributed by atoms with Crippen LogP contribution >= 0.6 is 34.7 Å². The van der Waals surface area contributed by atoms with Crippen LogP contribution in [0.2, 0.25) is 5.02 Å². The number of hydrogen-bond acceptors (Lipinski definition) is 5. The van der Waals surface area contributed by atoms with Crippen LogP contribution in [0.25, 0.3) is 10.2 Å². The van der Waals surface area contributed by atoms with Crippen LogP contribution in [0.1, 0.15) is 17.2 Å². The zero-order chi connectivity index (χ0) is 19.3. The lowest BCUT2D eigenvalue weighted by molar-refractivity contribution is -0.119. The molecule has 0 aliphatic carbocycles. The molecular weight excluding hydrogens is 410 g/mol. The first-order valence-electron chi connectivity index (χ1n) is 8.61. The van der Waals surface area contributed by atoms with E-state index in [2.05, 4.69) is 15.3 Å². The molecule has 0 aliphatic heterocycles. The molecule has 140 valence electrons. The van der Waals surface area contributed by atoms with E-state index in [9.17, 15) is 4.79 Å². The largest absolute Gasteiger partial charge is 0.344 e. The minimum Gasteiger partial charge on any atom is -0.344 e. The van der Waals surface area contributed by atoms with E-state index >= 15 is 0 Å². The molecule has 28 heavy (non-hydrogen) atoms. The second-order valence-corrected chi connectivity index (χ2v) is 8.38. The Morgan fingerprint density at radius 2 is 1.79 bits per heavy atom. The van der Waals surface area contributed by atoms with Gasteiger partial charge in [0.25, 0.3) is 0 Å². The molecule has 0 fully saturated rings. The number of fused-ring (bicyclic) bond motifs is 1. The first-order valence-corrected chi connectivity index (χ1v) is 10.9. The standard InChI is InChI=1S/C21H16ClN3OS2/c22-16-8-6-15(7-9-16)19(14-4-2-1-3-5-14)25-18(26)12-28-21-20-17(10-11-27-20)23-13-24-21/h1-11,13,19H,12H2,(H,25,26). The molecule has 1 unspecified atom stereocenters. The van der Waals surface area contributed by atoms with Crippen molar-refractivity contribution in [2.75, 3.05) is 5.75 Å². The van der Waals surface area contributed by atoms with Gasteiger partial charge in [0.2, 0.25) is 5.91 Å². The van der Waals surface area contributed by atoms with Gasteiger partial charge in [0, 0.05) is 5.02 Å². The third kappa shape index (κ3) is 4.35. The summed E-state index contributed by atoms with van der Waals surface area (Å²) in [7, 11) is 0. The van der Waals surface area contributed by atoms with Crippen LogP contribution in [0.4, 0.5) is 0 Å². The maximum atomic E-state index is 12.7. The van der Waals surface area contributed by atoms with Crippen molar-refractivity contribution < 1.29 is 4.79 Å². The molecule has 1 atom stereocenters. The number of hydrogen-bond donors (Lipinski definition) is 1. The Balaban J connectivity index is 1.51. The van der Waals surface area contributed by atoms with Gasteiger partial charge in [0.05, 0.1) is 22.0 Å². The smallest absolute Gasteiger partial charge is 0.231 e. The van der Waals surface area contributed by atoms with Crippen LogP contribution in [-0.2, 0) is 4.79 Å². The van der Waals surface area contributed by atoms with E-state index in [4.69, 9.17) is 11.6 Å². The number of carbonyl (C=O) groups excluding carboxylic acids is 1. The van der Waals surface area contributed by atoms with Crippen LogP contribution in [-0.4, -0.2) is 21.6 Å². The molecule has 0 spiro atoms. The van der Waals surface area contributed by atoms with Gasteiger partial charge in [-0.25, -0.2) is 9.97 Å². The van der Waals surface area contributed by atoms with Crippen molar-refractivity contribution in [3.05, 3.63) is 88.5 Å². The van der Waals surface area contributed by atoms with E-state index in [1.165, 1.54) is 18.1 Å². The highest BCUT2D eigenvalue weighted by atomic mass is 35.5. The van der Waals surface area contributed by atoms with Crippen LogP contribution in [0.15, 0.2) is 77.4 Å². The Bertz CT molecular complexity index is 1080. The summed E-state index contributed by atoms with van der Waals surface area (Å²) in [6, 6.07) is 19.2. The predicted octanol–water partition coefficient (Wildman–Crippen LogP) is 5.34. The van der Waals surface area contributed by atoms with E-state index in [-0.39, 0.29) is 17.7 Å². The molecular formula is C21H16ClN3OS2. The molecule has 1 N–H and O–H groups in total. The summed E-state index contributed by atoms with van der Waals surface area (Å²) in [6.45, 7) is 0. The third-order valence-corrected chi connectivity index (χ3v) is 6.47. The van der Waals surface area contributed by atoms with Gasteiger partial charge < -0.3 is 5.32 Å². The van der Waals surface area contributed by atoms with Gasteiger partial charge in [0.15, 0.2) is 0 Å². The van der Waals surface area contributed by atoms with E-state index in [1.54, 1.807) is 11.3 Å². The van der Waals surface area contributed by atoms with Crippen molar-refractivity contribution in [3.63, 3.8) is 0 Å². The molecule has 1 amide bonds. The second kappa shape index (κ2) is 8.73. The van der Waals surface area contributed by atoms with E-state index in [0.29, 0.717) is 5.02 Å². The maximum Gasteiger partial charge on any atom is 0.231 e. The van der Waals surface area contributed by atoms with Gasteiger partial charge in [-0.15, -0.1) is 11.3 Å². The highest BCUT2D eigenvalue weighted by Gasteiger charge is 2.17. The van der Waals surface area contributed by atoms with E-state index in [0.717, 1.165) is 26.4 Å². The minimum absolute atomic E-state index is 0.0582. The zero-order valence-electron chi connectivity index (χ0n) is 14.7. The van der Waals surface area contributed by atoms with Gasteiger partial charge in [-0.2, -0.15) is 0 Å². The zero-order valence-corrected chi connectivity index (χ0v) is 17.1. The molecule has 0 saturated heterocycles. The van der Waals surface area contributed by atoms with Gasteiger partial charge in [-0.3, -0.25) is 4.79 Å². The van der Waals surface area contributed by atoms with E-state index < -0.39 is 0 Å². The fourth-order valence-electron chi connectivity index (χ4n) is 2.87. The summed E-state index contributed by atoms with van der Waals surface area (Å²) in [5.41, 5.74) is 2.91. The molecule has 2 heterocycles. The SMILES string of the molecule is O=C(CSc1ncnc2ccsc12)NC(c1ccccc1)c1ccc(Cl)cc1. The Kier molecular flexibility index (Phi) is 5.90. The fourth-order valence-corrected chi connectivity index (χ4v) is 4.75. The van der Waals surface area contributed by atoms with Crippen molar-refractivity contribution in [3.8, 4) is 0 Å². The third-order valence-electron chi connectivity index (χ3n) is 4.19. The van der Waals surface area contributed by atoms with Crippen LogP contribution < -0.4 is 5.32 Å². The monoisotopic (exact) mass is 425 g/mol. The second-order valence-electron chi connectivity index (χ2n) is 6.07. The van der Waals surface area contributed by atoms with Crippen molar-refractivity contribution in [1.82, 2.24) is 15.3 Å². The number of aromatic nitrogens is 2. The number of nitrogens with zero attached hydrogens (tertiary/aromatic N) is 2. The normalized spacial score (nSPS) is 12.0. The average Bonchev–Trinajstić information content (AvgIpc) is 3.21. The lowest BCUT2D eigenvalue weighted by Crippen LogP contribution is -2.30. The number of nitrogens with one attached hydrogen (secondary N) is 1. The molecule has 0 aliphatic rings.